The number of nitrogens with zero attached hydrogens (tertiary/aromatic N) is 1. The van der Waals surface area contributed by atoms with Gasteiger partial charge in [0.2, 0.25) is 5.91 Å². The van der Waals surface area contributed by atoms with Crippen molar-refractivity contribution in [3.8, 4) is 11.1 Å². The molecule has 138 valence electrons. The van der Waals surface area contributed by atoms with Crippen molar-refractivity contribution in [2.45, 2.75) is 16.3 Å². The molecular weight excluding hydrogens is 448 g/mol. The van der Waals surface area contributed by atoms with Crippen LogP contribution in [0.4, 0.5) is 0 Å². The van der Waals surface area contributed by atoms with Gasteiger partial charge in [0.1, 0.15) is 17.1 Å². The number of carbonyl (C=O) groups excluding carboxylic acids is 1. The average molecular weight is 463 g/mol. The van der Waals surface area contributed by atoms with Crippen molar-refractivity contribution in [2.24, 2.45) is 5.73 Å². The number of β-lactam (4-membered cyclic amide) rings is 1. The van der Waals surface area contributed by atoms with Crippen LogP contribution in [0.5, 0.6) is 0 Å². The van der Waals surface area contributed by atoms with E-state index in [0.29, 0.717) is 10.7 Å². The van der Waals surface area contributed by atoms with E-state index in [1.807, 2.05) is 48.5 Å². The Kier molecular flexibility index (Phi) is 5.07. The highest BCUT2D eigenvalue weighted by Crippen LogP contribution is 2.45. The van der Waals surface area contributed by atoms with Gasteiger partial charge in [-0.2, -0.15) is 0 Å². The SMILES string of the molecule is N[C@@H]1C(=O)N2C(C(=O)O)=C(Sc3ccc(-c4ccccc4)c(Br)c3)CS[C@@H]12. The minimum atomic E-state index is -1.09. The first-order chi connectivity index (χ1) is 13.0. The van der Waals surface area contributed by atoms with Crippen molar-refractivity contribution in [3.05, 3.63) is 63.6 Å². The molecule has 2 aliphatic heterocycles. The van der Waals surface area contributed by atoms with Crippen molar-refractivity contribution < 1.29 is 14.7 Å². The fourth-order valence-electron chi connectivity index (χ4n) is 3.12. The highest BCUT2D eigenvalue weighted by atomic mass is 79.9. The van der Waals surface area contributed by atoms with Gasteiger partial charge >= 0.3 is 5.97 Å². The van der Waals surface area contributed by atoms with E-state index in [2.05, 4.69) is 15.9 Å². The molecule has 4 rings (SSSR count). The van der Waals surface area contributed by atoms with E-state index in [-0.39, 0.29) is 17.0 Å². The maximum Gasteiger partial charge on any atom is 0.353 e. The summed E-state index contributed by atoms with van der Waals surface area (Å²) in [7, 11) is 0. The summed E-state index contributed by atoms with van der Waals surface area (Å²) in [6, 6.07) is 15.3. The topological polar surface area (TPSA) is 83.6 Å². The standard InChI is InChI=1S/C19H15BrN2O3S2/c20-13-8-11(6-7-12(13)10-4-2-1-3-5-10)27-14-9-26-18-15(21)17(23)22(18)16(14)19(24)25/h1-8,15,18H,9,21H2,(H,24,25)/t15-,18+/m1/s1. The predicted molar refractivity (Wildman–Crippen MR) is 111 cm³/mol. The lowest BCUT2D eigenvalue weighted by molar-refractivity contribution is -0.147. The Morgan fingerprint density at radius 2 is 2.00 bits per heavy atom. The lowest BCUT2D eigenvalue weighted by Crippen LogP contribution is -2.68. The van der Waals surface area contributed by atoms with Gasteiger partial charge in [-0.1, -0.05) is 64.1 Å². The smallest absolute Gasteiger partial charge is 0.353 e. The van der Waals surface area contributed by atoms with Crippen molar-refractivity contribution in [3.63, 3.8) is 0 Å². The van der Waals surface area contributed by atoms with Gasteiger partial charge in [0.25, 0.3) is 0 Å². The molecule has 2 heterocycles. The lowest BCUT2D eigenvalue weighted by atomic mass is 10.1. The van der Waals surface area contributed by atoms with Gasteiger partial charge in [0.15, 0.2) is 0 Å². The van der Waals surface area contributed by atoms with E-state index >= 15 is 0 Å². The van der Waals surface area contributed by atoms with Crippen molar-refractivity contribution in [2.75, 3.05) is 5.75 Å². The number of hydrogen-bond donors (Lipinski definition) is 2. The first-order valence-corrected chi connectivity index (χ1v) is 10.8. The molecule has 1 amide bonds. The van der Waals surface area contributed by atoms with Crippen molar-refractivity contribution in [1.82, 2.24) is 4.90 Å². The predicted octanol–water partition coefficient (Wildman–Crippen LogP) is 3.75. The molecule has 1 saturated heterocycles. The van der Waals surface area contributed by atoms with E-state index in [9.17, 15) is 14.7 Å². The monoisotopic (exact) mass is 462 g/mol. The minimum Gasteiger partial charge on any atom is -0.477 e. The molecule has 0 radical (unpaired) electrons. The summed E-state index contributed by atoms with van der Waals surface area (Å²) in [5, 5.41) is 9.36. The Balaban J connectivity index is 1.64. The molecule has 2 aliphatic rings. The van der Waals surface area contributed by atoms with Crippen LogP contribution in [0.25, 0.3) is 11.1 Å². The molecule has 0 spiro atoms. The molecule has 2 aromatic carbocycles. The molecule has 27 heavy (non-hydrogen) atoms. The molecule has 8 heteroatoms. The lowest BCUT2D eigenvalue weighted by Gasteiger charge is -2.47. The van der Waals surface area contributed by atoms with Gasteiger partial charge in [-0.25, -0.2) is 4.79 Å². The van der Waals surface area contributed by atoms with Crippen LogP contribution in [0.3, 0.4) is 0 Å². The number of thioether (sulfide) groups is 2. The zero-order valence-electron chi connectivity index (χ0n) is 14.0. The van der Waals surface area contributed by atoms with Crippen LogP contribution in [-0.2, 0) is 9.59 Å². The Morgan fingerprint density at radius 3 is 2.67 bits per heavy atom. The normalized spacial score (nSPS) is 21.7. The van der Waals surface area contributed by atoms with E-state index in [1.165, 1.54) is 28.4 Å². The molecule has 0 bridgehead atoms. The third kappa shape index (κ3) is 3.31. The molecule has 5 nitrogen and oxygen atoms in total. The van der Waals surface area contributed by atoms with E-state index in [1.54, 1.807) is 0 Å². The Hall–Kier alpha value is -1.74. The van der Waals surface area contributed by atoms with Gasteiger partial charge in [0, 0.05) is 20.0 Å². The first kappa shape index (κ1) is 18.6. The van der Waals surface area contributed by atoms with Crippen LogP contribution in [0.1, 0.15) is 0 Å². The summed E-state index contributed by atoms with van der Waals surface area (Å²) in [6.07, 6.45) is 0. The van der Waals surface area contributed by atoms with Gasteiger partial charge in [-0.15, -0.1) is 11.8 Å². The summed E-state index contributed by atoms with van der Waals surface area (Å²) < 4.78 is 0.930. The van der Waals surface area contributed by atoms with Gasteiger partial charge in [-0.3, -0.25) is 9.69 Å². The number of hydrogen-bond acceptors (Lipinski definition) is 5. The van der Waals surface area contributed by atoms with Crippen LogP contribution in [0.2, 0.25) is 0 Å². The number of nitrogens with two attached hydrogens (primary N) is 1. The molecule has 2 atom stereocenters. The molecule has 0 aliphatic carbocycles. The molecule has 0 aromatic heterocycles. The summed E-state index contributed by atoms with van der Waals surface area (Å²) in [6.45, 7) is 0. The van der Waals surface area contributed by atoms with E-state index in [4.69, 9.17) is 5.73 Å². The van der Waals surface area contributed by atoms with Crippen LogP contribution >= 0.6 is 39.5 Å². The molecule has 0 saturated carbocycles. The zero-order chi connectivity index (χ0) is 19.1. The van der Waals surface area contributed by atoms with Gasteiger partial charge in [0.05, 0.1) is 0 Å². The van der Waals surface area contributed by atoms with Crippen molar-refractivity contribution >= 4 is 51.3 Å². The van der Waals surface area contributed by atoms with Crippen LogP contribution in [0, 0.1) is 0 Å². The highest BCUT2D eigenvalue weighted by molar-refractivity contribution is 9.10. The van der Waals surface area contributed by atoms with Crippen LogP contribution in [-0.4, -0.2) is 39.1 Å². The fourth-order valence-corrected chi connectivity index (χ4v) is 6.34. The maximum absolute atomic E-state index is 12.0. The van der Waals surface area contributed by atoms with Crippen molar-refractivity contribution in [1.29, 1.82) is 0 Å². The highest BCUT2D eigenvalue weighted by Gasteiger charge is 2.51. The van der Waals surface area contributed by atoms with Gasteiger partial charge in [-0.05, 0) is 23.3 Å². The number of carboxylic acids is 1. The molecule has 3 N–H and O–H groups in total. The quantitative estimate of drug-likeness (QED) is 0.673. The number of carboxylic acid groups (broad SMARTS) is 1. The summed E-state index contributed by atoms with van der Waals surface area (Å²) in [5.74, 6) is -0.904. The summed E-state index contributed by atoms with van der Waals surface area (Å²) in [4.78, 5) is 26.7. The second kappa shape index (κ2) is 7.35. The summed E-state index contributed by atoms with van der Waals surface area (Å²) >= 11 is 6.49. The second-order valence-electron chi connectivity index (χ2n) is 6.12. The molecular formula is C19H15BrN2O3S2. The van der Waals surface area contributed by atoms with Crippen LogP contribution in [0.15, 0.2) is 68.5 Å². The largest absolute Gasteiger partial charge is 0.477 e. The zero-order valence-corrected chi connectivity index (χ0v) is 17.2. The number of fused-ring (bicyclic) bond motifs is 1. The average Bonchev–Trinajstić information content (AvgIpc) is 2.67. The molecule has 1 fully saturated rings. The number of rotatable bonds is 4. The Bertz CT molecular complexity index is 965. The summed E-state index contributed by atoms with van der Waals surface area (Å²) in [5.41, 5.74) is 8.01. The number of halogens is 1. The minimum absolute atomic E-state index is 0.0544. The number of amides is 1. The Morgan fingerprint density at radius 1 is 1.26 bits per heavy atom. The number of carbonyl (C=O) groups is 2. The number of aliphatic carboxylic acids is 1. The first-order valence-electron chi connectivity index (χ1n) is 8.17. The van der Waals surface area contributed by atoms with E-state index < -0.39 is 12.0 Å². The molecule has 2 aromatic rings. The third-order valence-corrected chi connectivity index (χ3v) is 7.66. The fraction of sp³-hybridized carbons (Fsp3) is 0.158. The second-order valence-corrected chi connectivity index (χ2v) is 9.25. The third-order valence-electron chi connectivity index (χ3n) is 4.44. The van der Waals surface area contributed by atoms with Crippen LogP contribution < -0.4 is 5.73 Å². The van der Waals surface area contributed by atoms with E-state index in [0.717, 1.165) is 20.5 Å². The van der Waals surface area contributed by atoms with Gasteiger partial charge < -0.3 is 10.8 Å². The Labute approximate surface area is 173 Å². The maximum atomic E-state index is 12.0. The molecule has 0 unspecified atom stereocenters. The number of benzene rings is 2.